The molecule has 1 aliphatic carbocycles. The molecule has 1 N–H and O–H groups in total. The zero-order valence-electron chi connectivity index (χ0n) is 12.5. The SMILES string of the molecule is O=C(NCc1cccc(C(F)(F)F)c1)[C@@]1(C2CC2)CCC=CO1. The van der Waals surface area contributed by atoms with Crippen LogP contribution in [0.5, 0.6) is 0 Å². The third kappa shape index (κ3) is 3.35. The Kier molecular flexibility index (Phi) is 4.08. The van der Waals surface area contributed by atoms with E-state index >= 15 is 0 Å². The number of carbonyl (C=O) groups is 1. The highest BCUT2D eigenvalue weighted by Gasteiger charge is 2.52. The average Bonchev–Trinajstić information content (AvgIpc) is 3.38. The van der Waals surface area contributed by atoms with Crippen LogP contribution in [0.15, 0.2) is 36.6 Å². The van der Waals surface area contributed by atoms with Crippen molar-refractivity contribution in [2.45, 2.75) is 44.0 Å². The van der Waals surface area contributed by atoms with E-state index in [2.05, 4.69) is 5.32 Å². The summed E-state index contributed by atoms with van der Waals surface area (Å²) < 4.78 is 43.8. The average molecular weight is 325 g/mol. The molecule has 3 rings (SSSR count). The number of benzene rings is 1. The second-order valence-electron chi connectivity index (χ2n) is 6.07. The Morgan fingerprint density at radius 2 is 2.13 bits per heavy atom. The van der Waals surface area contributed by atoms with Crippen LogP contribution in [0, 0.1) is 5.92 Å². The Bertz CT molecular complexity index is 623. The number of amides is 1. The van der Waals surface area contributed by atoms with E-state index in [1.54, 1.807) is 12.3 Å². The Balaban J connectivity index is 1.68. The van der Waals surface area contributed by atoms with Gasteiger partial charge in [-0.15, -0.1) is 0 Å². The molecule has 124 valence electrons. The van der Waals surface area contributed by atoms with E-state index in [0.29, 0.717) is 12.0 Å². The molecular formula is C17H18F3NO2. The van der Waals surface area contributed by atoms with Gasteiger partial charge in [0.15, 0.2) is 5.60 Å². The number of nitrogens with one attached hydrogen (secondary N) is 1. The Morgan fingerprint density at radius 3 is 2.74 bits per heavy atom. The molecule has 0 spiro atoms. The topological polar surface area (TPSA) is 38.3 Å². The van der Waals surface area contributed by atoms with Gasteiger partial charge in [0.25, 0.3) is 5.91 Å². The van der Waals surface area contributed by atoms with Crippen molar-refractivity contribution in [3.8, 4) is 0 Å². The van der Waals surface area contributed by atoms with Crippen molar-refractivity contribution in [3.05, 3.63) is 47.7 Å². The van der Waals surface area contributed by atoms with Crippen molar-refractivity contribution in [1.82, 2.24) is 5.32 Å². The predicted octanol–water partition coefficient (Wildman–Crippen LogP) is 3.79. The molecule has 1 aliphatic heterocycles. The zero-order valence-corrected chi connectivity index (χ0v) is 12.5. The third-order valence-electron chi connectivity index (χ3n) is 4.39. The van der Waals surface area contributed by atoms with E-state index in [1.807, 2.05) is 6.08 Å². The molecule has 1 amide bonds. The molecule has 0 bridgehead atoms. The smallest absolute Gasteiger partial charge is 0.416 e. The van der Waals surface area contributed by atoms with E-state index in [-0.39, 0.29) is 18.4 Å². The molecule has 0 unspecified atom stereocenters. The summed E-state index contributed by atoms with van der Waals surface area (Å²) in [5.74, 6) is -0.0317. The van der Waals surface area contributed by atoms with Crippen LogP contribution in [-0.4, -0.2) is 11.5 Å². The number of carbonyl (C=O) groups excluding carboxylic acids is 1. The molecule has 0 radical (unpaired) electrons. The summed E-state index contributed by atoms with van der Waals surface area (Å²) in [4.78, 5) is 12.6. The van der Waals surface area contributed by atoms with E-state index in [1.165, 1.54) is 6.07 Å². The summed E-state index contributed by atoms with van der Waals surface area (Å²) in [7, 11) is 0. The summed E-state index contributed by atoms with van der Waals surface area (Å²) in [5.41, 5.74) is -1.14. The summed E-state index contributed by atoms with van der Waals surface area (Å²) in [6.07, 6.45) is 2.34. The summed E-state index contributed by atoms with van der Waals surface area (Å²) in [6, 6.07) is 5.00. The van der Waals surface area contributed by atoms with E-state index in [9.17, 15) is 18.0 Å². The van der Waals surface area contributed by atoms with Crippen LogP contribution >= 0.6 is 0 Å². The van der Waals surface area contributed by atoms with E-state index in [4.69, 9.17) is 4.74 Å². The molecule has 3 nitrogen and oxygen atoms in total. The Morgan fingerprint density at radius 1 is 1.35 bits per heavy atom. The number of allylic oxidation sites excluding steroid dienone is 1. The monoisotopic (exact) mass is 325 g/mol. The van der Waals surface area contributed by atoms with E-state index < -0.39 is 17.3 Å². The largest absolute Gasteiger partial charge is 0.485 e. The standard InChI is InChI=1S/C17H18F3NO2/c18-17(19,20)14-5-3-4-12(10-14)11-21-15(22)16(13-6-7-13)8-1-2-9-23-16/h2-5,9-10,13H,1,6-8,11H2,(H,21,22)/t16-/m0/s1. The lowest BCUT2D eigenvalue weighted by Gasteiger charge is -2.34. The minimum absolute atomic E-state index is 0.0598. The number of alkyl halides is 3. The lowest BCUT2D eigenvalue weighted by atomic mass is 9.89. The molecule has 0 saturated heterocycles. The van der Waals surface area contributed by atoms with Gasteiger partial charge in [-0.1, -0.05) is 12.1 Å². The molecule has 1 heterocycles. The van der Waals surface area contributed by atoms with Crippen molar-refractivity contribution in [2.75, 3.05) is 0 Å². The first-order valence-electron chi connectivity index (χ1n) is 7.69. The van der Waals surface area contributed by atoms with Gasteiger partial charge in [0.05, 0.1) is 11.8 Å². The number of hydrogen-bond donors (Lipinski definition) is 1. The van der Waals surface area contributed by atoms with Gasteiger partial charge in [0.1, 0.15) is 0 Å². The van der Waals surface area contributed by atoms with Gasteiger partial charge in [0.2, 0.25) is 0 Å². The number of halogens is 3. The lowest BCUT2D eigenvalue weighted by Crippen LogP contribution is -2.50. The van der Waals surface area contributed by atoms with Gasteiger partial charge in [-0.25, -0.2) is 0 Å². The summed E-state index contributed by atoms with van der Waals surface area (Å²) >= 11 is 0. The summed E-state index contributed by atoms with van der Waals surface area (Å²) in [5, 5.41) is 2.74. The van der Waals surface area contributed by atoms with Crippen LogP contribution in [0.3, 0.4) is 0 Å². The van der Waals surface area contributed by atoms with Crippen LogP contribution in [0.4, 0.5) is 13.2 Å². The highest BCUT2D eigenvalue weighted by atomic mass is 19.4. The van der Waals surface area contributed by atoms with Crippen LogP contribution in [0.25, 0.3) is 0 Å². The first-order valence-corrected chi connectivity index (χ1v) is 7.69. The number of ether oxygens (including phenoxy) is 1. The van der Waals surface area contributed by atoms with Crippen molar-refractivity contribution < 1.29 is 22.7 Å². The van der Waals surface area contributed by atoms with Crippen LogP contribution in [-0.2, 0) is 22.3 Å². The minimum atomic E-state index is -4.38. The first kappa shape index (κ1) is 15.9. The lowest BCUT2D eigenvalue weighted by molar-refractivity contribution is -0.145. The van der Waals surface area contributed by atoms with E-state index in [0.717, 1.165) is 31.4 Å². The Labute approximate surface area is 132 Å². The zero-order chi connectivity index (χ0) is 16.5. The molecule has 1 atom stereocenters. The third-order valence-corrected chi connectivity index (χ3v) is 4.39. The number of hydrogen-bond acceptors (Lipinski definition) is 2. The second kappa shape index (κ2) is 5.91. The molecule has 23 heavy (non-hydrogen) atoms. The highest BCUT2D eigenvalue weighted by Crippen LogP contribution is 2.46. The van der Waals surface area contributed by atoms with Gasteiger partial charge in [-0.3, -0.25) is 4.79 Å². The quantitative estimate of drug-likeness (QED) is 0.914. The maximum absolute atomic E-state index is 12.7. The number of rotatable bonds is 4. The normalized spacial score (nSPS) is 24.1. The van der Waals surface area contributed by atoms with Crippen LogP contribution < -0.4 is 5.32 Å². The summed E-state index contributed by atoms with van der Waals surface area (Å²) in [6.45, 7) is 0.0598. The van der Waals surface area contributed by atoms with Gasteiger partial charge >= 0.3 is 6.18 Å². The fourth-order valence-electron chi connectivity index (χ4n) is 2.99. The Hall–Kier alpha value is -1.98. The molecule has 1 fully saturated rings. The predicted molar refractivity (Wildman–Crippen MR) is 78.2 cm³/mol. The van der Waals surface area contributed by atoms with Crippen molar-refractivity contribution in [3.63, 3.8) is 0 Å². The molecule has 0 aromatic heterocycles. The van der Waals surface area contributed by atoms with Gasteiger partial charge < -0.3 is 10.1 Å². The van der Waals surface area contributed by atoms with Crippen molar-refractivity contribution in [2.24, 2.45) is 5.92 Å². The molecular weight excluding hydrogens is 307 g/mol. The van der Waals surface area contributed by atoms with Crippen LogP contribution in [0.1, 0.15) is 36.8 Å². The molecule has 1 aromatic carbocycles. The highest BCUT2D eigenvalue weighted by molar-refractivity contribution is 5.86. The molecule has 1 saturated carbocycles. The molecule has 1 aromatic rings. The minimum Gasteiger partial charge on any atom is -0.485 e. The molecule has 2 aliphatic rings. The molecule has 6 heteroatoms. The first-order chi connectivity index (χ1) is 10.9. The second-order valence-corrected chi connectivity index (χ2v) is 6.07. The van der Waals surface area contributed by atoms with Crippen LogP contribution in [0.2, 0.25) is 0 Å². The van der Waals surface area contributed by atoms with Crippen molar-refractivity contribution >= 4 is 5.91 Å². The maximum atomic E-state index is 12.7. The van der Waals surface area contributed by atoms with Gasteiger partial charge in [0, 0.05) is 18.9 Å². The van der Waals surface area contributed by atoms with Crippen molar-refractivity contribution in [1.29, 1.82) is 0 Å². The van der Waals surface area contributed by atoms with Gasteiger partial charge in [-0.2, -0.15) is 13.2 Å². The van der Waals surface area contributed by atoms with Gasteiger partial charge in [-0.05, 0) is 43.0 Å². The fraction of sp³-hybridized carbons (Fsp3) is 0.471. The maximum Gasteiger partial charge on any atom is 0.416 e. The fourth-order valence-corrected chi connectivity index (χ4v) is 2.99.